The van der Waals surface area contributed by atoms with Gasteiger partial charge in [-0.2, -0.15) is 0 Å². The first kappa shape index (κ1) is 18.9. The van der Waals surface area contributed by atoms with Gasteiger partial charge in [-0.3, -0.25) is 0 Å². The van der Waals surface area contributed by atoms with Crippen molar-refractivity contribution in [3.63, 3.8) is 0 Å². The highest BCUT2D eigenvalue weighted by Crippen LogP contribution is 2.34. The quantitative estimate of drug-likeness (QED) is 0.684. The SMILES string of the molecule is CCC1(C)CCN(CCCC(CC)(CO)NC(C)C)CC1. The molecular weight excluding hydrogens is 260 g/mol. The summed E-state index contributed by atoms with van der Waals surface area (Å²) in [6.07, 6.45) is 7.23. The third-order valence-corrected chi connectivity index (χ3v) is 5.62. The van der Waals surface area contributed by atoms with Gasteiger partial charge in [0.05, 0.1) is 6.61 Å². The number of hydrogen-bond acceptors (Lipinski definition) is 3. The summed E-state index contributed by atoms with van der Waals surface area (Å²) in [6.45, 7) is 15.2. The molecule has 1 unspecified atom stereocenters. The molecule has 3 heteroatoms. The van der Waals surface area contributed by atoms with Crippen molar-refractivity contribution in [3.05, 3.63) is 0 Å². The fraction of sp³-hybridized carbons (Fsp3) is 1.00. The molecule has 0 aromatic carbocycles. The van der Waals surface area contributed by atoms with Crippen LogP contribution in [-0.4, -0.2) is 47.8 Å². The van der Waals surface area contributed by atoms with Crippen LogP contribution in [0.5, 0.6) is 0 Å². The molecule has 0 aliphatic carbocycles. The van der Waals surface area contributed by atoms with E-state index in [9.17, 15) is 5.11 Å². The number of nitrogens with one attached hydrogen (secondary N) is 1. The monoisotopic (exact) mass is 298 g/mol. The number of likely N-dealkylation sites (tertiary alicyclic amines) is 1. The molecule has 1 atom stereocenters. The van der Waals surface area contributed by atoms with Crippen LogP contribution in [0.15, 0.2) is 0 Å². The third kappa shape index (κ3) is 5.88. The summed E-state index contributed by atoms with van der Waals surface area (Å²) >= 11 is 0. The molecule has 3 nitrogen and oxygen atoms in total. The maximum atomic E-state index is 9.79. The van der Waals surface area contributed by atoms with E-state index in [-0.39, 0.29) is 12.1 Å². The first-order valence-corrected chi connectivity index (χ1v) is 8.99. The second-order valence-electron chi connectivity index (χ2n) is 7.70. The predicted octanol–water partition coefficient (Wildman–Crippen LogP) is 3.42. The van der Waals surface area contributed by atoms with Gasteiger partial charge in [-0.25, -0.2) is 0 Å². The summed E-state index contributed by atoms with van der Waals surface area (Å²) in [5, 5.41) is 13.4. The molecule has 1 heterocycles. The Hall–Kier alpha value is -0.120. The van der Waals surface area contributed by atoms with Crippen LogP contribution < -0.4 is 5.32 Å². The Balaban J connectivity index is 2.35. The molecular formula is C18H38N2O. The standard InChI is InChI=1S/C18H38N2O/c1-6-17(5)10-13-20(14-11-17)12-8-9-18(7-2,15-21)19-16(3)4/h16,19,21H,6-15H2,1-5H3. The van der Waals surface area contributed by atoms with Crippen LogP contribution in [0, 0.1) is 5.41 Å². The summed E-state index contributed by atoms with van der Waals surface area (Å²) in [6, 6.07) is 0.428. The number of aliphatic hydroxyl groups is 1. The second-order valence-corrected chi connectivity index (χ2v) is 7.70. The van der Waals surface area contributed by atoms with E-state index < -0.39 is 0 Å². The van der Waals surface area contributed by atoms with Crippen molar-refractivity contribution in [1.29, 1.82) is 0 Å². The van der Waals surface area contributed by atoms with Crippen LogP contribution in [0.4, 0.5) is 0 Å². The molecule has 0 saturated carbocycles. The van der Waals surface area contributed by atoms with Crippen molar-refractivity contribution < 1.29 is 5.11 Å². The van der Waals surface area contributed by atoms with Crippen LogP contribution in [0.1, 0.15) is 73.1 Å². The number of rotatable bonds is 9. The Morgan fingerprint density at radius 3 is 2.29 bits per heavy atom. The molecule has 2 N–H and O–H groups in total. The first-order chi connectivity index (χ1) is 9.88. The number of aliphatic hydroxyl groups excluding tert-OH is 1. The predicted molar refractivity (Wildman–Crippen MR) is 91.7 cm³/mol. The molecule has 0 spiro atoms. The van der Waals surface area contributed by atoms with E-state index in [0.29, 0.717) is 11.5 Å². The number of nitrogens with zero attached hydrogens (tertiary/aromatic N) is 1. The average molecular weight is 299 g/mol. The minimum atomic E-state index is -0.0815. The summed E-state index contributed by atoms with van der Waals surface area (Å²) in [7, 11) is 0. The summed E-state index contributed by atoms with van der Waals surface area (Å²) < 4.78 is 0. The van der Waals surface area contributed by atoms with E-state index >= 15 is 0 Å². The van der Waals surface area contributed by atoms with Gasteiger partial charge >= 0.3 is 0 Å². The lowest BCUT2D eigenvalue weighted by Gasteiger charge is -2.40. The largest absolute Gasteiger partial charge is 0.394 e. The molecule has 0 radical (unpaired) electrons. The van der Waals surface area contributed by atoms with Crippen molar-refractivity contribution >= 4 is 0 Å². The van der Waals surface area contributed by atoms with Crippen molar-refractivity contribution in [1.82, 2.24) is 10.2 Å². The van der Waals surface area contributed by atoms with Gasteiger partial charge in [0.15, 0.2) is 0 Å². The molecule has 1 aliphatic heterocycles. The molecule has 1 rings (SSSR count). The highest BCUT2D eigenvalue weighted by atomic mass is 16.3. The van der Waals surface area contributed by atoms with E-state index in [0.717, 1.165) is 12.8 Å². The van der Waals surface area contributed by atoms with E-state index in [4.69, 9.17) is 0 Å². The van der Waals surface area contributed by atoms with Gasteiger partial charge in [-0.15, -0.1) is 0 Å². The zero-order valence-electron chi connectivity index (χ0n) is 15.0. The Morgan fingerprint density at radius 2 is 1.86 bits per heavy atom. The molecule has 0 amide bonds. The van der Waals surface area contributed by atoms with Gasteiger partial charge in [-0.1, -0.05) is 41.0 Å². The molecule has 0 aromatic rings. The highest BCUT2D eigenvalue weighted by molar-refractivity contribution is 4.88. The van der Waals surface area contributed by atoms with Crippen molar-refractivity contribution in [2.24, 2.45) is 5.41 Å². The number of piperidine rings is 1. The first-order valence-electron chi connectivity index (χ1n) is 8.99. The van der Waals surface area contributed by atoms with E-state index in [2.05, 4.69) is 44.8 Å². The van der Waals surface area contributed by atoms with Crippen LogP contribution in [0.25, 0.3) is 0 Å². The molecule has 0 bridgehead atoms. The summed E-state index contributed by atoms with van der Waals surface area (Å²) in [5.74, 6) is 0. The fourth-order valence-electron chi connectivity index (χ4n) is 3.51. The molecule has 1 aliphatic rings. The molecule has 1 saturated heterocycles. The zero-order chi connectivity index (χ0) is 15.9. The Bertz CT molecular complexity index is 279. The van der Waals surface area contributed by atoms with Crippen LogP contribution in [-0.2, 0) is 0 Å². The van der Waals surface area contributed by atoms with Crippen molar-refractivity contribution in [2.45, 2.75) is 84.7 Å². The lowest BCUT2D eigenvalue weighted by Crippen LogP contribution is -2.51. The Labute approximate surface area is 132 Å². The zero-order valence-corrected chi connectivity index (χ0v) is 15.0. The summed E-state index contributed by atoms with van der Waals surface area (Å²) in [4.78, 5) is 2.62. The van der Waals surface area contributed by atoms with Crippen molar-refractivity contribution in [3.8, 4) is 0 Å². The van der Waals surface area contributed by atoms with E-state index in [1.807, 2.05) is 0 Å². The molecule has 0 aromatic heterocycles. The summed E-state index contributed by atoms with van der Waals surface area (Å²) in [5.41, 5.74) is 0.496. The molecule has 21 heavy (non-hydrogen) atoms. The van der Waals surface area contributed by atoms with Gasteiger partial charge in [0.1, 0.15) is 0 Å². The smallest absolute Gasteiger partial charge is 0.0613 e. The van der Waals surface area contributed by atoms with Crippen molar-refractivity contribution in [2.75, 3.05) is 26.2 Å². The minimum Gasteiger partial charge on any atom is -0.394 e. The maximum absolute atomic E-state index is 9.79. The van der Waals surface area contributed by atoms with Crippen LogP contribution in [0.2, 0.25) is 0 Å². The lowest BCUT2D eigenvalue weighted by atomic mass is 9.78. The van der Waals surface area contributed by atoms with Crippen LogP contribution in [0.3, 0.4) is 0 Å². The van der Waals surface area contributed by atoms with Crippen LogP contribution >= 0.6 is 0 Å². The molecule has 1 fully saturated rings. The highest BCUT2D eigenvalue weighted by Gasteiger charge is 2.30. The van der Waals surface area contributed by atoms with Gasteiger partial charge in [-0.05, 0) is 57.2 Å². The average Bonchev–Trinajstić information content (AvgIpc) is 2.48. The minimum absolute atomic E-state index is 0.0815. The second kappa shape index (κ2) is 8.50. The fourth-order valence-corrected chi connectivity index (χ4v) is 3.51. The van der Waals surface area contributed by atoms with E-state index in [1.165, 1.54) is 45.3 Å². The van der Waals surface area contributed by atoms with E-state index in [1.54, 1.807) is 0 Å². The maximum Gasteiger partial charge on any atom is 0.0613 e. The third-order valence-electron chi connectivity index (χ3n) is 5.62. The van der Waals surface area contributed by atoms with Gasteiger partial charge in [0.2, 0.25) is 0 Å². The lowest BCUT2D eigenvalue weighted by molar-refractivity contribution is 0.100. The van der Waals surface area contributed by atoms with Gasteiger partial charge < -0.3 is 15.3 Å². The topological polar surface area (TPSA) is 35.5 Å². The molecule has 126 valence electrons. The Kier molecular flexibility index (Phi) is 7.66. The van der Waals surface area contributed by atoms with Gasteiger partial charge in [0.25, 0.3) is 0 Å². The normalized spacial score (nSPS) is 22.4. The number of hydrogen-bond donors (Lipinski definition) is 2. The van der Waals surface area contributed by atoms with Gasteiger partial charge in [0, 0.05) is 11.6 Å². The Morgan fingerprint density at radius 1 is 1.24 bits per heavy atom.